The van der Waals surface area contributed by atoms with Crippen LogP contribution in [0, 0.1) is 19.8 Å². The molecule has 3 nitrogen and oxygen atoms in total. The minimum atomic E-state index is -0.0707. The van der Waals surface area contributed by atoms with Crippen molar-refractivity contribution in [2.24, 2.45) is 5.92 Å². The first-order valence-electron chi connectivity index (χ1n) is 7.24. The van der Waals surface area contributed by atoms with Crippen LogP contribution in [0.5, 0.6) is 5.75 Å². The van der Waals surface area contributed by atoms with Gasteiger partial charge in [-0.3, -0.25) is 0 Å². The van der Waals surface area contributed by atoms with Gasteiger partial charge in [-0.1, -0.05) is 12.1 Å². The van der Waals surface area contributed by atoms with Gasteiger partial charge in [-0.2, -0.15) is 0 Å². The van der Waals surface area contributed by atoms with E-state index in [0.717, 1.165) is 49.9 Å². The molecule has 0 aromatic heterocycles. The monoisotopic (exact) mass is 263 g/mol. The zero-order valence-electron chi connectivity index (χ0n) is 11.9. The van der Waals surface area contributed by atoms with Gasteiger partial charge in [0.2, 0.25) is 0 Å². The van der Waals surface area contributed by atoms with E-state index in [0.29, 0.717) is 11.7 Å². The van der Waals surface area contributed by atoms with Crippen molar-refractivity contribution in [2.45, 2.75) is 52.2 Å². The summed E-state index contributed by atoms with van der Waals surface area (Å²) in [5.74, 6) is 1.10. The Morgan fingerprint density at radius 2 is 1.68 bits per heavy atom. The SMILES string of the molecule is Cc1cc(CNCC2CCC(O)CC2)cc(C)c1O. The Bertz CT molecular complexity index is 400. The molecule has 2 rings (SSSR count). The molecule has 0 bridgehead atoms. The largest absolute Gasteiger partial charge is 0.507 e. The highest BCUT2D eigenvalue weighted by atomic mass is 16.3. The lowest BCUT2D eigenvalue weighted by molar-refractivity contribution is 0.108. The quantitative estimate of drug-likeness (QED) is 0.783. The van der Waals surface area contributed by atoms with Crippen LogP contribution in [0.15, 0.2) is 12.1 Å². The van der Waals surface area contributed by atoms with Crippen molar-refractivity contribution in [3.05, 3.63) is 28.8 Å². The first-order chi connectivity index (χ1) is 9.06. The fourth-order valence-electron chi connectivity index (χ4n) is 2.92. The Balaban J connectivity index is 1.79. The molecule has 1 saturated carbocycles. The van der Waals surface area contributed by atoms with Crippen molar-refractivity contribution in [1.29, 1.82) is 0 Å². The van der Waals surface area contributed by atoms with Crippen molar-refractivity contribution in [1.82, 2.24) is 5.32 Å². The number of aromatic hydroxyl groups is 1. The third-order valence-corrected chi connectivity index (χ3v) is 4.13. The maximum atomic E-state index is 9.74. The summed E-state index contributed by atoms with van der Waals surface area (Å²) in [5, 5.41) is 22.7. The number of benzene rings is 1. The molecular formula is C16H25NO2. The highest BCUT2D eigenvalue weighted by Crippen LogP contribution is 2.24. The number of hydrogen-bond acceptors (Lipinski definition) is 3. The number of aliphatic hydroxyl groups is 1. The Morgan fingerprint density at radius 3 is 2.26 bits per heavy atom. The molecule has 1 aromatic rings. The molecule has 19 heavy (non-hydrogen) atoms. The molecule has 106 valence electrons. The maximum absolute atomic E-state index is 9.74. The van der Waals surface area contributed by atoms with Crippen LogP contribution in [0.2, 0.25) is 0 Å². The van der Waals surface area contributed by atoms with Crippen LogP contribution in [-0.4, -0.2) is 22.9 Å². The third-order valence-electron chi connectivity index (χ3n) is 4.13. The smallest absolute Gasteiger partial charge is 0.121 e. The molecule has 0 radical (unpaired) electrons. The number of phenols is 1. The fourth-order valence-corrected chi connectivity index (χ4v) is 2.92. The van der Waals surface area contributed by atoms with E-state index < -0.39 is 0 Å². The Labute approximate surface area is 115 Å². The second-order valence-corrected chi connectivity index (χ2v) is 5.88. The van der Waals surface area contributed by atoms with E-state index in [1.165, 1.54) is 5.56 Å². The first kappa shape index (κ1) is 14.4. The van der Waals surface area contributed by atoms with E-state index >= 15 is 0 Å². The van der Waals surface area contributed by atoms with Crippen molar-refractivity contribution < 1.29 is 10.2 Å². The molecule has 0 spiro atoms. The Morgan fingerprint density at radius 1 is 1.11 bits per heavy atom. The lowest BCUT2D eigenvalue weighted by atomic mass is 9.87. The van der Waals surface area contributed by atoms with Crippen molar-refractivity contribution >= 4 is 0 Å². The minimum absolute atomic E-state index is 0.0707. The summed E-state index contributed by atoms with van der Waals surface area (Å²) < 4.78 is 0. The van der Waals surface area contributed by atoms with Gasteiger partial charge in [0.25, 0.3) is 0 Å². The molecule has 0 amide bonds. The summed E-state index contributed by atoms with van der Waals surface area (Å²) in [4.78, 5) is 0. The molecule has 0 saturated heterocycles. The molecule has 3 N–H and O–H groups in total. The Kier molecular flexibility index (Phi) is 4.83. The highest BCUT2D eigenvalue weighted by molar-refractivity contribution is 5.42. The van der Waals surface area contributed by atoms with Gasteiger partial charge in [-0.15, -0.1) is 0 Å². The van der Waals surface area contributed by atoms with Gasteiger partial charge in [0.05, 0.1) is 6.10 Å². The number of hydrogen-bond donors (Lipinski definition) is 3. The predicted molar refractivity (Wildman–Crippen MR) is 77.3 cm³/mol. The summed E-state index contributed by atoms with van der Waals surface area (Å²) >= 11 is 0. The lowest BCUT2D eigenvalue weighted by Crippen LogP contribution is -2.27. The molecule has 1 aliphatic rings. The normalized spacial score (nSPS) is 23.5. The molecule has 1 aromatic carbocycles. The molecule has 0 atom stereocenters. The van der Waals surface area contributed by atoms with E-state index in [-0.39, 0.29) is 6.10 Å². The number of aliphatic hydroxyl groups excluding tert-OH is 1. The van der Waals surface area contributed by atoms with Gasteiger partial charge in [0, 0.05) is 6.54 Å². The Hall–Kier alpha value is -1.06. The zero-order chi connectivity index (χ0) is 13.8. The average molecular weight is 263 g/mol. The van der Waals surface area contributed by atoms with Gasteiger partial charge in [-0.05, 0) is 68.7 Å². The van der Waals surface area contributed by atoms with Gasteiger partial charge in [-0.25, -0.2) is 0 Å². The third kappa shape index (κ3) is 3.95. The standard InChI is InChI=1S/C16H25NO2/c1-11-7-14(8-12(2)16(11)19)10-17-9-13-3-5-15(18)6-4-13/h7-8,13,15,17-19H,3-6,9-10H2,1-2H3. The molecule has 0 aliphatic heterocycles. The number of aryl methyl sites for hydroxylation is 2. The summed E-state index contributed by atoms with van der Waals surface area (Å²) in [6, 6.07) is 4.08. The van der Waals surface area contributed by atoms with Gasteiger partial charge in [0.15, 0.2) is 0 Å². The molecular weight excluding hydrogens is 238 g/mol. The summed E-state index contributed by atoms with van der Waals surface area (Å²) in [6.07, 6.45) is 4.08. The van der Waals surface area contributed by atoms with E-state index in [1.54, 1.807) is 0 Å². The van der Waals surface area contributed by atoms with Crippen LogP contribution < -0.4 is 5.32 Å². The minimum Gasteiger partial charge on any atom is -0.507 e. The van der Waals surface area contributed by atoms with Crippen LogP contribution >= 0.6 is 0 Å². The second kappa shape index (κ2) is 6.40. The predicted octanol–water partition coefficient (Wildman–Crippen LogP) is 2.65. The summed E-state index contributed by atoms with van der Waals surface area (Å²) in [7, 11) is 0. The number of rotatable bonds is 4. The molecule has 1 fully saturated rings. The number of nitrogens with one attached hydrogen (secondary N) is 1. The molecule has 3 heteroatoms. The van der Waals surface area contributed by atoms with Crippen LogP contribution in [0.4, 0.5) is 0 Å². The van der Waals surface area contributed by atoms with Crippen LogP contribution in [0.1, 0.15) is 42.4 Å². The maximum Gasteiger partial charge on any atom is 0.121 e. The van der Waals surface area contributed by atoms with E-state index in [4.69, 9.17) is 0 Å². The summed E-state index contributed by atoms with van der Waals surface area (Å²) in [6.45, 7) is 5.75. The van der Waals surface area contributed by atoms with Crippen LogP contribution in [-0.2, 0) is 6.54 Å². The highest BCUT2D eigenvalue weighted by Gasteiger charge is 2.18. The van der Waals surface area contributed by atoms with Crippen LogP contribution in [0.25, 0.3) is 0 Å². The molecule has 0 heterocycles. The van der Waals surface area contributed by atoms with Gasteiger partial charge >= 0.3 is 0 Å². The topological polar surface area (TPSA) is 52.5 Å². The lowest BCUT2D eigenvalue weighted by Gasteiger charge is -2.25. The van der Waals surface area contributed by atoms with Crippen molar-refractivity contribution in [2.75, 3.05) is 6.54 Å². The molecule has 1 aliphatic carbocycles. The van der Waals surface area contributed by atoms with Crippen molar-refractivity contribution in [3.8, 4) is 5.75 Å². The van der Waals surface area contributed by atoms with Crippen molar-refractivity contribution in [3.63, 3.8) is 0 Å². The fraction of sp³-hybridized carbons (Fsp3) is 0.625. The zero-order valence-corrected chi connectivity index (χ0v) is 11.9. The van der Waals surface area contributed by atoms with E-state index in [1.807, 2.05) is 26.0 Å². The number of phenolic OH excluding ortho intramolecular Hbond substituents is 1. The van der Waals surface area contributed by atoms with Crippen LogP contribution in [0.3, 0.4) is 0 Å². The van der Waals surface area contributed by atoms with Gasteiger partial charge < -0.3 is 15.5 Å². The van der Waals surface area contributed by atoms with E-state index in [9.17, 15) is 10.2 Å². The summed E-state index contributed by atoms with van der Waals surface area (Å²) in [5.41, 5.74) is 3.11. The first-order valence-corrected chi connectivity index (χ1v) is 7.24. The van der Waals surface area contributed by atoms with E-state index in [2.05, 4.69) is 5.32 Å². The second-order valence-electron chi connectivity index (χ2n) is 5.88. The average Bonchev–Trinajstić information content (AvgIpc) is 2.38. The van der Waals surface area contributed by atoms with Gasteiger partial charge in [0.1, 0.15) is 5.75 Å². The molecule has 0 unspecified atom stereocenters.